The predicted molar refractivity (Wildman–Crippen MR) is 87.9 cm³/mol. The summed E-state index contributed by atoms with van der Waals surface area (Å²) in [7, 11) is 0. The number of hydrogen-bond donors (Lipinski definition) is 2. The van der Waals surface area contributed by atoms with Gasteiger partial charge in [-0.25, -0.2) is 0 Å². The monoisotopic (exact) mass is 307 g/mol. The Hall–Kier alpha value is -2.62. The van der Waals surface area contributed by atoms with Gasteiger partial charge in [-0.3, -0.25) is 9.59 Å². The van der Waals surface area contributed by atoms with Gasteiger partial charge in [-0.1, -0.05) is 42.5 Å². The highest BCUT2D eigenvalue weighted by Crippen LogP contribution is 2.48. The van der Waals surface area contributed by atoms with E-state index < -0.39 is 17.8 Å². The van der Waals surface area contributed by atoms with Crippen LogP contribution in [0.3, 0.4) is 0 Å². The third kappa shape index (κ3) is 2.31. The van der Waals surface area contributed by atoms with Gasteiger partial charge in [-0.15, -0.1) is 0 Å². The number of benzene rings is 2. The van der Waals surface area contributed by atoms with Gasteiger partial charge in [0, 0.05) is 5.69 Å². The summed E-state index contributed by atoms with van der Waals surface area (Å²) in [6.45, 7) is 0. The second-order valence-corrected chi connectivity index (χ2v) is 6.39. The van der Waals surface area contributed by atoms with E-state index in [1.54, 1.807) is 0 Å². The van der Waals surface area contributed by atoms with Crippen LogP contribution in [-0.2, 0) is 9.59 Å². The molecule has 2 bridgehead atoms. The lowest BCUT2D eigenvalue weighted by atomic mass is 9.82. The fraction of sp³-hybridized carbons (Fsp3) is 0.263. The first-order valence-electron chi connectivity index (χ1n) is 7.84. The topological polar surface area (TPSA) is 66.4 Å². The van der Waals surface area contributed by atoms with Gasteiger partial charge in [0.1, 0.15) is 0 Å². The highest BCUT2D eigenvalue weighted by molar-refractivity contribution is 5.98. The van der Waals surface area contributed by atoms with Crippen molar-refractivity contribution in [3.05, 3.63) is 54.6 Å². The van der Waals surface area contributed by atoms with Crippen LogP contribution in [0.4, 0.5) is 5.69 Å². The van der Waals surface area contributed by atoms with Gasteiger partial charge < -0.3 is 10.4 Å². The lowest BCUT2D eigenvalue weighted by Crippen LogP contribution is -2.36. The third-order valence-electron chi connectivity index (χ3n) is 5.06. The molecule has 0 aliphatic heterocycles. The summed E-state index contributed by atoms with van der Waals surface area (Å²) in [5.41, 5.74) is 0.713. The van der Waals surface area contributed by atoms with E-state index in [4.69, 9.17) is 0 Å². The molecule has 4 atom stereocenters. The molecular formula is C19H17NO3. The lowest BCUT2D eigenvalue weighted by molar-refractivity contribution is -0.146. The third-order valence-corrected chi connectivity index (χ3v) is 5.06. The summed E-state index contributed by atoms with van der Waals surface area (Å²) >= 11 is 0. The zero-order chi connectivity index (χ0) is 16.0. The van der Waals surface area contributed by atoms with Crippen LogP contribution in [0.5, 0.6) is 0 Å². The normalized spacial score (nSPS) is 28.2. The van der Waals surface area contributed by atoms with Crippen molar-refractivity contribution in [3.8, 4) is 0 Å². The number of carbonyl (C=O) groups excluding carboxylic acids is 1. The number of fused-ring (bicyclic) bond motifs is 3. The largest absolute Gasteiger partial charge is 0.481 e. The number of allylic oxidation sites excluding steroid dienone is 2. The molecule has 4 heteroatoms. The molecule has 4 nitrogen and oxygen atoms in total. The van der Waals surface area contributed by atoms with Crippen LogP contribution in [0, 0.1) is 23.7 Å². The molecule has 2 aromatic carbocycles. The van der Waals surface area contributed by atoms with E-state index in [9.17, 15) is 14.7 Å². The van der Waals surface area contributed by atoms with Crippen LogP contribution in [0.15, 0.2) is 54.6 Å². The van der Waals surface area contributed by atoms with Crippen LogP contribution >= 0.6 is 0 Å². The molecule has 0 spiro atoms. The minimum Gasteiger partial charge on any atom is -0.481 e. The van der Waals surface area contributed by atoms with Crippen molar-refractivity contribution in [1.82, 2.24) is 0 Å². The number of carbonyl (C=O) groups is 2. The molecule has 0 aromatic heterocycles. The van der Waals surface area contributed by atoms with Gasteiger partial charge in [-0.2, -0.15) is 0 Å². The molecule has 1 amide bonds. The highest BCUT2D eigenvalue weighted by Gasteiger charge is 2.51. The fourth-order valence-corrected chi connectivity index (χ4v) is 4.01. The van der Waals surface area contributed by atoms with E-state index in [0.717, 1.165) is 17.2 Å². The number of anilines is 1. The Morgan fingerprint density at radius 3 is 2.39 bits per heavy atom. The average molecular weight is 307 g/mol. The standard InChI is InChI=1S/C19H17NO3/c21-18(16-13-5-6-14(9-13)17(16)19(22)23)20-15-8-7-11-3-1-2-4-12(11)10-15/h1-8,10,13-14,16-17H,9H2,(H,20,21)(H,22,23)/t13-,14-,16-,17+/m0/s1. The Morgan fingerprint density at radius 1 is 0.957 bits per heavy atom. The molecule has 4 rings (SSSR count). The van der Waals surface area contributed by atoms with Gasteiger partial charge in [0.05, 0.1) is 11.8 Å². The van der Waals surface area contributed by atoms with Crippen molar-refractivity contribution in [3.63, 3.8) is 0 Å². The molecule has 2 aliphatic rings. The van der Waals surface area contributed by atoms with Crippen LogP contribution in [0.25, 0.3) is 10.8 Å². The number of aliphatic carboxylic acids is 1. The van der Waals surface area contributed by atoms with Gasteiger partial charge >= 0.3 is 5.97 Å². The van der Waals surface area contributed by atoms with Gasteiger partial charge in [-0.05, 0) is 41.2 Å². The molecule has 0 heterocycles. The number of carboxylic acid groups (broad SMARTS) is 1. The molecule has 116 valence electrons. The SMILES string of the molecule is O=C(Nc1ccc2ccccc2c1)[C@@H]1[C@H](C(=O)O)[C@H]2C=C[C@H]1C2. The summed E-state index contributed by atoms with van der Waals surface area (Å²) in [6.07, 6.45) is 4.71. The Kier molecular flexibility index (Phi) is 3.18. The van der Waals surface area contributed by atoms with Crippen molar-refractivity contribution in [2.45, 2.75) is 6.42 Å². The fourth-order valence-electron chi connectivity index (χ4n) is 4.01. The van der Waals surface area contributed by atoms with E-state index in [0.29, 0.717) is 5.69 Å². The van der Waals surface area contributed by atoms with Crippen molar-refractivity contribution in [1.29, 1.82) is 0 Å². The molecule has 2 N–H and O–H groups in total. The quantitative estimate of drug-likeness (QED) is 0.855. The van der Waals surface area contributed by atoms with Crippen molar-refractivity contribution in [2.75, 3.05) is 5.32 Å². The minimum atomic E-state index is -0.875. The number of carboxylic acids is 1. The van der Waals surface area contributed by atoms with Gasteiger partial charge in [0.15, 0.2) is 0 Å². The molecule has 2 aliphatic carbocycles. The molecule has 0 saturated heterocycles. The number of amides is 1. The molecule has 23 heavy (non-hydrogen) atoms. The zero-order valence-electron chi connectivity index (χ0n) is 12.5. The summed E-state index contributed by atoms with van der Waals surface area (Å²) in [5, 5.41) is 14.5. The first-order chi connectivity index (χ1) is 11.1. The summed E-state index contributed by atoms with van der Waals surface area (Å²) in [5.74, 6) is -2.11. The summed E-state index contributed by atoms with van der Waals surface area (Å²) in [4.78, 5) is 24.2. The smallest absolute Gasteiger partial charge is 0.307 e. The van der Waals surface area contributed by atoms with E-state index in [-0.39, 0.29) is 17.7 Å². The second kappa shape index (κ2) is 5.23. The Balaban J connectivity index is 1.59. The number of hydrogen-bond acceptors (Lipinski definition) is 2. The maximum absolute atomic E-state index is 12.6. The number of nitrogens with one attached hydrogen (secondary N) is 1. The first kappa shape index (κ1) is 14.0. The van der Waals surface area contributed by atoms with E-state index in [2.05, 4.69) is 5.32 Å². The molecule has 2 aromatic rings. The van der Waals surface area contributed by atoms with E-state index in [1.165, 1.54) is 0 Å². The molecule has 1 fully saturated rings. The Bertz CT molecular complexity index is 826. The molecule has 1 saturated carbocycles. The van der Waals surface area contributed by atoms with Crippen molar-refractivity contribution in [2.24, 2.45) is 23.7 Å². The van der Waals surface area contributed by atoms with Crippen LogP contribution in [0.1, 0.15) is 6.42 Å². The van der Waals surface area contributed by atoms with Crippen molar-refractivity contribution < 1.29 is 14.7 Å². The van der Waals surface area contributed by atoms with Crippen LogP contribution in [-0.4, -0.2) is 17.0 Å². The lowest BCUT2D eigenvalue weighted by Gasteiger charge is -2.23. The Morgan fingerprint density at radius 2 is 1.65 bits per heavy atom. The van der Waals surface area contributed by atoms with Gasteiger partial charge in [0.2, 0.25) is 5.91 Å². The summed E-state index contributed by atoms with van der Waals surface area (Å²) in [6, 6.07) is 13.7. The predicted octanol–water partition coefficient (Wildman–Crippen LogP) is 3.30. The maximum Gasteiger partial charge on any atom is 0.307 e. The highest BCUT2D eigenvalue weighted by atomic mass is 16.4. The Labute approximate surface area is 133 Å². The first-order valence-corrected chi connectivity index (χ1v) is 7.84. The molecular weight excluding hydrogens is 290 g/mol. The van der Waals surface area contributed by atoms with Crippen LogP contribution in [0.2, 0.25) is 0 Å². The van der Waals surface area contributed by atoms with Crippen molar-refractivity contribution >= 4 is 28.3 Å². The molecule has 0 radical (unpaired) electrons. The summed E-state index contributed by atoms with van der Waals surface area (Å²) < 4.78 is 0. The average Bonchev–Trinajstić information content (AvgIpc) is 3.15. The van der Waals surface area contributed by atoms with Gasteiger partial charge in [0.25, 0.3) is 0 Å². The van der Waals surface area contributed by atoms with E-state index in [1.807, 2.05) is 54.6 Å². The van der Waals surface area contributed by atoms with E-state index >= 15 is 0 Å². The second-order valence-electron chi connectivity index (χ2n) is 6.39. The molecule has 0 unspecified atom stereocenters. The zero-order valence-corrected chi connectivity index (χ0v) is 12.5. The number of rotatable bonds is 3. The minimum absolute atomic E-state index is 0.00939. The van der Waals surface area contributed by atoms with Crippen LogP contribution < -0.4 is 5.32 Å². The maximum atomic E-state index is 12.6.